The molecule has 19 heavy (non-hydrogen) atoms. The Balaban J connectivity index is 2.36. The molecule has 0 bridgehead atoms. The minimum absolute atomic E-state index is 0.320. The van der Waals surface area contributed by atoms with Crippen LogP contribution in [0.2, 0.25) is 0 Å². The first kappa shape index (κ1) is 14.1. The first-order valence-corrected chi connectivity index (χ1v) is 7.79. The van der Waals surface area contributed by atoms with E-state index >= 15 is 0 Å². The minimum Gasteiger partial charge on any atom is -0.459 e. The quantitative estimate of drug-likeness (QED) is 0.865. The van der Waals surface area contributed by atoms with Gasteiger partial charge in [0.1, 0.15) is 11.3 Å². The molecule has 1 aromatic carbocycles. The highest BCUT2D eigenvalue weighted by Gasteiger charge is 2.29. The number of para-hydroxylation sites is 1. The van der Waals surface area contributed by atoms with Crippen molar-refractivity contribution >= 4 is 21.0 Å². The molecule has 1 atom stereocenters. The maximum atomic E-state index is 12.1. The van der Waals surface area contributed by atoms with E-state index in [9.17, 15) is 8.42 Å². The van der Waals surface area contributed by atoms with Gasteiger partial charge in [0.2, 0.25) is 10.0 Å². The Bertz CT molecular complexity index is 640. The van der Waals surface area contributed by atoms with Gasteiger partial charge in [-0.15, -0.1) is 0 Å². The van der Waals surface area contributed by atoms with Crippen molar-refractivity contribution in [1.82, 2.24) is 4.31 Å². The molecule has 4 nitrogen and oxygen atoms in total. The molecule has 0 radical (unpaired) electrons. The summed E-state index contributed by atoms with van der Waals surface area (Å²) in [6.45, 7) is 5.19. The number of fused-ring (bicyclic) bond motifs is 1. The summed E-state index contributed by atoms with van der Waals surface area (Å²) >= 11 is 0. The summed E-state index contributed by atoms with van der Waals surface area (Å²) in [4.78, 5) is 0. The molecule has 5 heteroatoms. The molecule has 1 aromatic heterocycles. The molecule has 1 heterocycles. The molecule has 0 saturated heterocycles. The largest absolute Gasteiger partial charge is 0.459 e. The van der Waals surface area contributed by atoms with Crippen molar-refractivity contribution in [2.45, 2.75) is 32.1 Å². The number of hydrogen-bond donors (Lipinski definition) is 0. The molecule has 0 saturated carbocycles. The van der Waals surface area contributed by atoms with E-state index in [1.807, 2.05) is 37.3 Å². The highest BCUT2D eigenvalue weighted by Crippen LogP contribution is 2.28. The van der Waals surface area contributed by atoms with Gasteiger partial charge in [-0.2, -0.15) is 4.31 Å². The van der Waals surface area contributed by atoms with E-state index in [4.69, 9.17) is 4.42 Å². The van der Waals surface area contributed by atoms with Crippen LogP contribution in [0.4, 0.5) is 0 Å². The maximum absolute atomic E-state index is 12.1. The zero-order valence-corrected chi connectivity index (χ0v) is 12.4. The molecule has 0 amide bonds. The lowest BCUT2D eigenvalue weighted by molar-refractivity contribution is 0.345. The van der Waals surface area contributed by atoms with Gasteiger partial charge in [0.15, 0.2) is 0 Å². The van der Waals surface area contributed by atoms with Crippen molar-refractivity contribution in [3.8, 4) is 0 Å². The fourth-order valence-electron chi connectivity index (χ4n) is 1.94. The van der Waals surface area contributed by atoms with Crippen LogP contribution in [0.15, 0.2) is 34.7 Å². The lowest BCUT2D eigenvalue weighted by atomic mass is 10.2. The smallest absolute Gasteiger partial charge is 0.216 e. The zero-order valence-electron chi connectivity index (χ0n) is 11.6. The van der Waals surface area contributed by atoms with Crippen LogP contribution in [0.1, 0.15) is 32.6 Å². The summed E-state index contributed by atoms with van der Waals surface area (Å²) < 4.78 is 31.4. The fourth-order valence-corrected chi connectivity index (χ4v) is 3.15. The summed E-state index contributed by atoms with van der Waals surface area (Å²) in [6, 6.07) is 9.23. The first-order valence-electron chi connectivity index (χ1n) is 6.29. The van der Waals surface area contributed by atoms with Gasteiger partial charge in [-0.05, 0) is 32.9 Å². The molecular formula is C14H19NO3S. The molecular weight excluding hydrogens is 262 g/mol. The van der Waals surface area contributed by atoms with E-state index in [2.05, 4.69) is 0 Å². The van der Waals surface area contributed by atoms with Gasteiger partial charge in [0.25, 0.3) is 0 Å². The third-order valence-corrected chi connectivity index (χ3v) is 5.71. The molecule has 1 unspecified atom stereocenters. The van der Waals surface area contributed by atoms with E-state index in [1.54, 1.807) is 20.9 Å². The number of benzene rings is 1. The van der Waals surface area contributed by atoms with Gasteiger partial charge < -0.3 is 4.42 Å². The molecule has 0 N–H and O–H groups in total. The predicted molar refractivity (Wildman–Crippen MR) is 76.4 cm³/mol. The number of rotatable bonds is 4. The van der Waals surface area contributed by atoms with Crippen molar-refractivity contribution in [2.24, 2.45) is 0 Å². The molecule has 0 spiro atoms. The lowest BCUT2D eigenvalue weighted by Gasteiger charge is -2.24. The minimum atomic E-state index is -3.29. The van der Waals surface area contributed by atoms with E-state index in [1.165, 1.54) is 4.31 Å². The fraction of sp³-hybridized carbons (Fsp3) is 0.429. The summed E-state index contributed by atoms with van der Waals surface area (Å²) in [7, 11) is -1.70. The van der Waals surface area contributed by atoms with E-state index in [0.29, 0.717) is 5.76 Å². The Kier molecular flexibility index (Phi) is 3.69. The third kappa shape index (κ3) is 2.53. The van der Waals surface area contributed by atoms with Crippen LogP contribution in [0.25, 0.3) is 11.0 Å². The number of nitrogens with zero attached hydrogens (tertiary/aromatic N) is 1. The Morgan fingerprint density at radius 3 is 2.37 bits per heavy atom. The molecule has 0 aliphatic rings. The van der Waals surface area contributed by atoms with Gasteiger partial charge in [-0.25, -0.2) is 8.42 Å². The highest BCUT2D eigenvalue weighted by atomic mass is 32.2. The molecule has 0 aliphatic carbocycles. The average Bonchev–Trinajstić information content (AvgIpc) is 2.80. The monoisotopic (exact) mass is 281 g/mol. The topological polar surface area (TPSA) is 50.5 Å². The zero-order chi connectivity index (χ0) is 14.2. The molecule has 0 fully saturated rings. The van der Waals surface area contributed by atoms with Gasteiger partial charge in [0.05, 0.1) is 11.3 Å². The standard InChI is InChI=1S/C14H19NO3S/c1-10(2)19(16,17)15(4)11(3)14-9-12-7-5-6-8-13(12)18-14/h5-11H,1-4H3. The van der Waals surface area contributed by atoms with Crippen molar-refractivity contribution < 1.29 is 12.8 Å². The summed E-state index contributed by atoms with van der Waals surface area (Å²) in [6.07, 6.45) is 0. The lowest BCUT2D eigenvalue weighted by Crippen LogP contribution is -2.34. The molecule has 2 rings (SSSR count). The van der Waals surface area contributed by atoms with Crippen LogP contribution in [-0.2, 0) is 10.0 Å². The van der Waals surface area contributed by atoms with Crippen molar-refractivity contribution in [2.75, 3.05) is 7.05 Å². The predicted octanol–water partition coefficient (Wildman–Crippen LogP) is 3.16. The van der Waals surface area contributed by atoms with Gasteiger partial charge in [-0.1, -0.05) is 18.2 Å². The third-order valence-electron chi connectivity index (χ3n) is 3.40. The van der Waals surface area contributed by atoms with Gasteiger partial charge in [0, 0.05) is 12.4 Å². The highest BCUT2D eigenvalue weighted by molar-refractivity contribution is 7.89. The van der Waals surface area contributed by atoms with Gasteiger partial charge >= 0.3 is 0 Å². The number of hydrogen-bond acceptors (Lipinski definition) is 3. The Hall–Kier alpha value is -1.33. The van der Waals surface area contributed by atoms with Crippen LogP contribution in [0.3, 0.4) is 0 Å². The van der Waals surface area contributed by atoms with Crippen LogP contribution >= 0.6 is 0 Å². The number of sulfonamides is 1. The molecule has 104 valence electrons. The van der Waals surface area contributed by atoms with E-state index in [0.717, 1.165) is 11.0 Å². The second kappa shape index (κ2) is 4.98. The molecule has 2 aromatic rings. The summed E-state index contributed by atoms with van der Waals surface area (Å²) in [5.41, 5.74) is 0.777. The van der Waals surface area contributed by atoms with Crippen LogP contribution in [-0.4, -0.2) is 25.0 Å². The first-order chi connectivity index (χ1) is 8.84. The van der Waals surface area contributed by atoms with Crippen LogP contribution < -0.4 is 0 Å². The molecule has 0 aliphatic heterocycles. The van der Waals surface area contributed by atoms with Crippen molar-refractivity contribution in [3.63, 3.8) is 0 Å². The number of furan rings is 1. The normalized spacial score (nSPS) is 14.4. The summed E-state index contributed by atoms with van der Waals surface area (Å²) in [5.74, 6) is 0.660. The van der Waals surface area contributed by atoms with E-state index in [-0.39, 0.29) is 6.04 Å². The average molecular weight is 281 g/mol. The van der Waals surface area contributed by atoms with E-state index < -0.39 is 15.3 Å². The maximum Gasteiger partial charge on any atom is 0.216 e. The van der Waals surface area contributed by atoms with Crippen molar-refractivity contribution in [3.05, 3.63) is 36.1 Å². The summed E-state index contributed by atoms with van der Waals surface area (Å²) in [5, 5.41) is 0.545. The van der Waals surface area contributed by atoms with Crippen LogP contribution in [0.5, 0.6) is 0 Å². The van der Waals surface area contributed by atoms with Crippen molar-refractivity contribution in [1.29, 1.82) is 0 Å². The van der Waals surface area contributed by atoms with Crippen LogP contribution in [0, 0.1) is 0 Å². The SMILES string of the molecule is CC(c1cc2ccccc2o1)N(C)S(=O)(=O)C(C)C. The Labute approximate surface area is 114 Å². The second-order valence-electron chi connectivity index (χ2n) is 4.97. The Morgan fingerprint density at radius 1 is 1.16 bits per heavy atom. The Morgan fingerprint density at radius 2 is 1.79 bits per heavy atom. The van der Waals surface area contributed by atoms with Gasteiger partial charge in [-0.3, -0.25) is 0 Å². The second-order valence-corrected chi connectivity index (χ2v) is 7.52.